The fourth-order valence-corrected chi connectivity index (χ4v) is 2.79. The zero-order chi connectivity index (χ0) is 9.80. The number of alkyl halides is 1. The predicted octanol–water partition coefficient (Wildman–Crippen LogP) is 2.59. The summed E-state index contributed by atoms with van der Waals surface area (Å²) in [6.07, 6.45) is 4.37. The largest absolute Gasteiger partial charge is 0.297 e. The molecule has 0 unspecified atom stereocenters. The van der Waals surface area contributed by atoms with Crippen LogP contribution in [0.5, 0.6) is 0 Å². The number of nitrogens with zero attached hydrogens (tertiary/aromatic N) is 2. The van der Waals surface area contributed by atoms with Crippen molar-refractivity contribution in [3.8, 4) is 0 Å². The van der Waals surface area contributed by atoms with Crippen molar-refractivity contribution in [1.82, 2.24) is 9.88 Å². The first-order chi connectivity index (χ1) is 6.88. The first-order valence-corrected chi connectivity index (χ1v) is 6.46. The van der Waals surface area contributed by atoms with Gasteiger partial charge in [-0.15, -0.1) is 22.9 Å². The smallest absolute Gasteiger partial charge is 0.107 e. The van der Waals surface area contributed by atoms with Crippen LogP contribution < -0.4 is 0 Å². The number of piperidine rings is 1. The first kappa shape index (κ1) is 10.4. The molecule has 1 aliphatic heterocycles. The molecule has 0 radical (unpaired) electrons. The molecular weight excluding hydrogens is 216 g/mol. The van der Waals surface area contributed by atoms with E-state index in [4.69, 9.17) is 11.6 Å². The molecule has 2 heterocycles. The van der Waals surface area contributed by atoms with Crippen molar-refractivity contribution < 1.29 is 0 Å². The fourth-order valence-electron chi connectivity index (χ4n) is 1.82. The van der Waals surface area contributed by atoms with Crippen LogP contribution in [0.2, 0.25) is 0 Å². The van der Waals surface area contributed by atoms with E-state index in [-0.39, 0.29) is 0 Å². The van der Waals surface area contributed by atoms with E-state index in [0.717, 1.165) is 18.3 Å². The first-order valence-electron chi connectivity index (χ1n) is 5.05. The van der Waals surface area contributed by atoms with Gasteiger partial charge in [0, 0.05) is 17.5 Å². The molecule has 0 N–H and O–H groups in total. The van der Waals surface area contributed by atoms with Crippen LogP contribution in [-0.4, -0.2) is 28.9 Å². The molecule has 0 spiro atoms. The van der Waals surface area contributed by atoms with E-state index in [2.05, 4.69) is 9.88 Å². The molecule has 14 heavy (non-hydrogen) atoms. The molecule has 2 nitrogen and oxygen atoms in total. The average Bonchev–Trinajstić information content (AvgIpc) is 2.72. The lowest BCUT2D eigenvalue weighted by molar-refractivity contribution is 0.186. The number of hydrogen-bond donors (Lipinski definition) is 0. The third-order valence-corrected chi connectivity index (χ3v) is 3.97. The van der Waals surface area contributed by atoms with Crippen LogP contribution in [0.4, 0.5) is 0 Å². The van der Waals surface area contributed by atoms with Crippen molar-refractivity contribution in [2.45, 2.75) is 19.4 Å². The van der Waals surface area contributed by atoms with Crippen LogP contribution >= 0.6 is 22.9 Å². The molecule has 1 aliphatic rings. The Balaban J connectivity index is 1.79. The summed E-state index contributed by atoms with van der Waals surface area (Å²) in [4.78, 5) is 6.77. The number of thiazole rings is 1. The van der Waals surface area contributed by atoms with Crippen molar-refractivity contribution in [1.29, 1.82) is 0 Å². The van der Waals surface area contributed by atoms with Crippen LogP contribution in [0, 0.1) is 5.92 Å². The van der Waals surface area contributed by atoms with Gasteiger partial charge in [-0.25, -0.2) is 4.98 Å². The lowest BCUT2D eigenvalue weighted by atomic mass is 9.99. The number of halogens is 1. The summed E-state index contributed by atoms with van der Waals surface area (Å²) in [5.74, 6) is 1.56. The minimum Gasteiger partial charge on any atom is -0.297 e. The lowest BCUT2D eigenvalue weighted by Crippen LogP contribution is -2.33. The molecular formula is C10H15ClN2S. The molecule has 4 heteroatoms. The van der Waals surface area contributed by atoms with Gasteiger partial charge >= 0.3 is 0 Å². The van der Waals surface area contributed by atoms with Gasteiger partial charge in [-0.2, -0.15) is 0 Å². The number of hydrogen-bond acceptors (Lipinski definition) is 3. The Morgan fingerprint density at radius 3 is 2.86 bits per heavy atom. The van der Waals surface area contributed by atoms with Gasteiger partial charge < -0.3 is 0 Å². The van der Waals surface area contributed by atoms with E-state index in [1.54, 1.807) is 11.3 Å². The maximum Gasteiger partial charge on any atom is 0.107 e. The maximum atomic E-state index is 5.84. The minimum atomic E-state index is 0.740. The molecule has 0 amide bonds. The van der Waals surface area contributed by atoms with Gasteiger partial charge in [-0.3, -0.25) is 4.90 Å². The zero-order valence-electron chi connectivity index (χ0n) is 8.16. The highest BCUT2D eigenvalue weighted by Gasteiger charge is 2.18. The summed E-state index contributed by atoms with van der Waals surface area (Å²) < 4.78 is 0. The van der Waals surface area contributed by atoms with E-state index in [1.807, 2.05) is 11.6 Å². The van der Waals surface area contributed by atoms with Gasteiger partial charge in [-0.1, -0.05) is 0 Å². The molecule has 0 aliphatic carbocycles. The summed E-state index contributed by atoms with van der Waals surface area (Å²) in [5, 5.41) is 3.27. The van der Waals surface area contributed by atoms with Crippen LogP contribution in [0.1, 0.15) is 17.8 Å². The molecule has 0 atom stereocenters. The molecule has 0 saturated carbocycles. The number of rotatable bonds is 3. The Hall–Kier alpha value is -0.120. The molecule has 0 bridgehead atoms. The minimum absolute atomic E-state index is 0.740. The molecule has 1 fully saturated rings. The van der Waals surface area contributed by atoms with Gasteiger partial charge in [0.1, 0.15) is 5.01 Å². The summed E-state index contributed by atoms with van der Waals surface area (Å²) in [6, 6.07) is 0. The van der Waals surface area contributed by atoms with E-state index in [9.17, 15) is 0 Å². The van der Waals surface area contributed by atoms with Crippen molar-refractivity contribution in [2.75, 3.05) is 19.0 Å². The fraction of sp³-hybridized carbons (Fsp3) is 0.700. The average molecular weight is 231 g/mol. The van der Waals surface area contributed by atoms with Gasteiger partial charge in [-0.05, 0) is 31.8 Å². The van der Waals surface area contributed by atoms with Gasteiger partial charge in [0.05, 0.1) is 6.54 Å². The second-order valence-corrected chi connectivity index (χ2v) is 5.09. The predicted molar refractivity (Wildman–Crippen MR) is 60.8 cm³/mol. The number of aromatic nitrogens is 1. The van der Waals surface area contributed by atoms with Crippen molar-refractivity contribution in [3.63, 3.8) is 0 Å². The molecule has 1 aromatic heterocycles. The van der Waals surface area contributed by atoms with Crippen molar-refractivity contribution >= 4 is 22.9 Å². The van der Waals surface area contributed by atoms with Crippen molar-refractivity contribution in [3.05, 3.63) is 16.6 Å². The summed E-state index contributed by atoms with van der Waals surface area (Å²) in [7, 11) is 0. The van der Waals surface area contributed by atoms with Gasteiger partial charge in [0.2, 0.25) is 0 Å². The second kappa shape index (κ2) is 5.10. The highest BCUT2D eigenvalue weighted by atomic mass is 35.5. The Bertz CT molecular complexity index is 255. The second-order valence-electron chi connectivity index (χ2n) is 3.80. The molecule has 1 saturated heterocycles. The topological polar surface area (TPSA) is 16.1 Å². The van der Waals surface area contributed by atoms with Crippen molar-refractivity contribution in [2.24, 2.45) is 5.92 Å². The molecule has 2 rings (SSSR count). The summed E-state index contributed by atoms with van der Waals surface area (Å²) in [5.41, 5.74) is 0. The normalized spacial score (nSPS) is 20.1. The SMILES string of the molecule is ClCC1CCN(Cc2nccs2)CC1. The van der Waals surface area contributed by atoms with Crippen LogP contribution in [0.3, 0.4) is 0 Å². The standard InChI is InChI=1S/C10H15ClN2S/c11-7-9-1-4-13(5-2-9)8-10-12-3-6-14-10/h3,6,9H,1-2,4-5,7-8H2. The Labute approximate surface area is 93.9 Å². The summed E-state index contributed by atoms with van der Waals surface area (Å²) in [6.45, 7) is 3.38. The molecule has 0 aromatic carbocycles. The van der Waals surface area contributed by atoms with E-state index < -0.39 is 0 Å². The Kier molecular flexibility index (Phi) is 3.79. The van der Waals surface area contributed by atoms with Crippen LogP contribution in [0.15, 0.2) is 11.6 Å². The van der Waals surface area contributed by atoms with E-state index in [1.165, 1.54) is 30.9 Å². The van der Waals surface area contributed by atoms with E-state index >= 15 is 0 Å². The Morgan fingerprint density at radius 1 is 1.50 bits per heavy atom. The quantitative estimate of drug-likeness (QED) is 0.743. The number of likely N-dealkylation sites (tertiary alicyclic amines) is 1. The molecule has 1 aromatic rings. The Morgan fingerprint density at radius 2 is 2.29 bits per heavy atom. The molecule has 78 valence electrons. The maximum absolute atomic E-state index is 5.84. The highest BCUT2D eigenvalue weighted by Crippen LogP contribution is 2.20. The van der Waals surface area contributed by atoms with Gasteiger partial charge in [0.15, 0.2) is 0 Å². The van der Waals surface area contributed by atoms with Crippen LogP contribution in [0.25, 0.3) is 0 Å². The highest BCUT2D eigenvalue weighted by molar-refractivity contribution is 7.09. The summed E-state index contributed by atoms with van der Waals surface area (Å²) >= 11 is 7.59. The van der Waals surface area contributed by atoms with Gasteiger partial charge in [0.25, 0.3) is 0 Å². The third kappa shape index (κ3) is 2.69. The van der Waals surface area contributed by atoms with Crippen LogP contribution in [-0.2, 0) is 6.54 Å². The third-order valence-electron chi connectivity index (χ3n) is 2.77. The zero-order valence-corrected chi connectivity index (χ0v) is 9.73. The lowest BCUT2D eigenvalue weighted by Gasteiger charge is -2.30. The van der Waals surface area contributed by atoms with E-state index in [0.29, 0.717) is 0 Å². The monoisotopic (exact) mass is 230 g/mol.